The van der Waals surface area contributed by atoms with Crippen LogP contribution in [-0.4, -0.2) is 57.6 Å². The Hall–Kier alpha value is -2.08. The Morgan fingerprint density at radius 3 is 2.48 bits per heavy atom. The highest BCUT2D eigenvalue weighted by atomic mass is 16.2. The number of para-hydroxylation sites is 2. The lowest BCUT2D eigenvalue weighted by molar-refractivity contribution is 0.131. The van der Waals surface area contributed by atoms with E-state index in [0.29, 0.717) is 0 Å². The third kappa shape index (κ3) is 3.95. The molecule has 1 aliphatic heterocycles. The number of fused-ring (bicyclic) bond motifs is 1. The molecule has 0 aliphatic carbocycles. The van der Waals surface area contributed by atoms with Gasteiger partial charge in [-0.1, -0.05) is 26.0 Å². The molecule has 2 heterocycles. The number of aromatic nitrogens is 2. The average Bonchev–Trinajstić information content (AvgIpc) is 2.96. The number of aryl methyl sites for hydroxylation is 1. The fraction of sp³-hybridized carbons (Fsp3) is 0.579. The minimum atomic E-state index is 0.0797. The Kier molecular flexibility index (Phi) is 5.58. The average molecular weight is 343 g/mol. The summed E-state index contributed by atoms with van der Waals surface area (Å²) in [5, 5.41) is 3.13. The first-order valence-electron chi connectivity index (χ1n) is 9.30. The lowest BCUT2D eigenvalue weighted by Crippen LogP contribution is -2.53. The second-order valence-electron chi connectivity index (χ2n) is 6.80. The Labute approximate surface area is 149 Å². The minimum absolute atomic E-state index is 0.0797. The molecule has 1 saturated heterocycles. The van der Waals surface area contributed by atoms with E-state index in [1.54, 1.807) is 0 Å². The zero-order chi connectivity index (χ0) is 17.8. The van der Waals surface area contributed by atoms with Crippen molar-refractivity contribution in [2.24, 2.45) is 7.05 Å². The van der Waals surface area contributed by atoms with E-state index in [0.717, 1.165) is 56.9 Å². The van der Waals surface area contributed by atoms with Crippen LogP contribution >= 0.6 is 0 Å². The monoisotopic (exact) mass is 343 g/mol. The first-order valence-corrected chi connectivity index (χ1v) is 9.30. The Balaban J connectivity index is 1.55. The minimum Gasteiger partial charge on any atom is -0.335 e. The SMILES string of the molecule is CCC(CC)NC(=O)N1CCN(Cc2nc3ccccc3n2C)CC1. The van der Waals surface area contributed by atoms with Gasteiger partial charge in [0.05, 0.1) is 17.6 Å². The molecule has 0 radical (unpaired) electrons. The summed E-state index contributed by atoms with van der Waals surface area (Å²) < 4.78 is 2.17. The number of hydrogen-bond donors (Lipinski definition) is 1. The number of amides is 2. The number of piperazine rings is 1. The number of imidazole rings is 1. The second kappa shape index (κ2) is 7.87. The van der Waals surface area contributed by atoms with E-state index in [4.69, 9.17) is 4.98 Å². The van der Waals surface area contributed by atoms with Gasteiger partial charge in [0.1, 0.15) is 5.82 Å². The lowest BCUT2D eigenvalue weighted by Gasteiger charge is -2.35. The van der Waals surface area contributed by atoms with Gasteiger partial charge >= 0.3 is 6.03 Å². The Bertz CT molecular complexity index is 714. The maximum absolute atomic E-state index is 12.3. The van der Waals surface area contributed by atoms with Gasteiger partial charge in [-0.3, -0.25) is 4.90 Å². The number of urea groups is 1. The van der Waals surface area contributed by atoms with Gasteiger partial charge < -0.3 is 14.8 Å². The first-order chi connectivity index (χ1) is 12.1. The standard InChI is InChI=1S/C19H29N5O/c1-4-15(5-2)20-19(25)24-12-10-23(11-13-24)14-18-21-16-8-6-7-9-17(16)22(18)3/h6-9,15H,4-5,10-14H2,1-3H3,(H,20,25). The fourth-order valence-corrected chi connectivity index (χ4v) is 3.40. The number of carbonyl (C=O) groups excluding carboxylic acids is 1. The molecule has 0 spiro atoms. The summed E-state index contributed by atoms with van der Waals surface area (Å²) in [6, 6.07) is 8.59. The molecule has 6 nitrogen and oxygen atoms in total. The quantitative estimate of drug-likeness (QED) is 0.908. The molecule has 6 heteroatoms. The van der Waals surface area contributed by atoms with Crippen LogP contribution in [0.25, 0.3) is 11.0 Å². The largest absolute Gasteiger partial charge is 0.335 e. The fourth-order valence-electron chi connectivity index (χ4n) is 3.40. The molecule has 136 valence electrons. The molecule has 0 atom stereocenters. The maximum atomic E-state index is 12.3. The van der Waals surface area contributed by atoms with E-state index < -0.39 is 0 Å². The summed E-state index contributed by atoms with van der Waals surface area (Å²) >= 11 is 0. The normalized spacial score (nSPS) is 15.9. The van der Waals surface area contributed by atoms with Crippen LogP contribution in [-0.2, 0) is 13.6 Å². The molecule has 25 heavy (non-hydrogen) atoms. The number of hydrogen-bond acceptors (Lipinski definition) is 3. The topological polar surface area (TPSA) is 53.4 Å². The van der Waals surface area contributed by atoms with Crippen LogP contribution in [0.2, 0.25) is 0 Å². The molecular weight excluding hydrogens is 314 g/mol. The van der Waals surface area contributed by atoms with Crippen LogP contribution in [0, 0.1) is 0 Å². The summed E-state index contributed by atoms with van der Waals surface area (Å²) in [5.41, 5.74) is 2.21. The van der Waals surface area contributed by atoms with Crippen LogP contribution in [0.15, 0.2) is 24.3 Å². The van der Waals surface area contributed by atoms with E-state index in [1.807, 2.05) is 17.0 Å². The van der Waals surface area contributed by atoms with Crippen molar-refractivity contribution in [3.63, 3.8) is 0 Å². The van der Waals surface area contributed by atoms with Crippen molar-refractivity contribution in [1.29, 1.82) is 0 Å². The lowest BCUT2D eigenvalue weighted by atomic mass is 10.2. The Morgan fingerprint density at radius 2 is 1.84 bits per heavy atom. The molecule has 2 amide bonds. The van der Waals surface area contributed by atoms with Crippen molar-refractivity contribution in [2.45, 2.75) is 39.3 Å². The summed E-state index contributed by atoms with van der Waals surface area (Å²) in [7, 11) is 2.07. The first kappa shape index (κ1) is 17.7. The van der Waals surface area contributed by atoms with Gasteiger partial charge in [-0.05, 0) is 25.0 Å². The number of benzene rings is 1. The van der Waals surface area contributed by atoms with Crippen molar-refractivity contribution in [2.75, 3.05) is 26.2 Å². The van der Waals surface area contributed by atoms with E-state index in [2.05, 4.69) is 47.8 Å². The highest BCUT2D eigenvalue weighted by Crippen LogP contribution is 2.16. The Morgan fingerprint density at radius 1 is 1.16 bits per heavy atom. The van der Waals surface area contributed by atoms with Crippen molar-refractivity contribution < 1.29 is 4.79 Å². The predicted octanol–water partition coefficient (Wildman–Crippen LogP) is 2.59. The molecule has 1 aromatic heterocycles. The maximum Gasteiger partial charge on any atom is 0.317 e. The third-order valence-corrected chi connectivity index (χ3v) is 5.22. The highest BCUT2D eigenvalue weighted by Gasteiger charge is 2.23. The molecule has 1 aromatic carbocycles. The summed E-state index contributed by atoms with van der Waals surface area (Å²) in [5.74, 6) is 1.08. The zero-order valence-electron chi connectivity index (χ0n) is 15.5. The van der Waals surface area contributed by atoms with Crippen molar-refractivity contribution in [3.05, 3.63) is 30.1 Å². The van der Waals surface area contributed by atoms with Gasteiger partial charge in [0.25, 0.3) is 0 Å². The van der Waals surface area contributed by atoms with Gasteiger partial charge in [0, 0.05) is 39.3 Å². The summed E-state index contributed by atoms with van der Waals surface area (Å²) in [6.45, 7) is 8.38. The van der Waals surface area contributed by atoms with E-state index >= 15 is 0 Å². The van der Waals surface area contributed by atoms with Crippen LogP contribution < -0.4 is 5.32 Å². The molecule has 0 bridgehead atoms. The van der Waals surface area contributed by atoms with Crippen molar-refractivity contribution in [1.82, 2.24) is 24.7 Å². The van der Waals surface area contributed by atoms with Crippen LogP contribution in [0.3, 0.4) is 0 Å². The van der Waals surface area contributed by atoms with Gasteiger partial charge in [-0.25, -0.2) is 9.78 Å². The van der Waals surface area contributed by atoms with Gasteiger partial charge in [0.15, 0.2) is 0 Å². The van der Waals surface area contributed by atoms with Crippen molar-refractivity contribution >= 4 is 17.1 Å². The van der Waals surface area contributed by atoms with Gasteiger partial charge in [-0.15, -0.1) is 0 Å². The van der Waals surface area contributed by atoms with Crippen LogP contribution in [0.1, 0.15) is 32.5 Å². The number of nitrogens with zero attached hydrogens (tertiary/aromatic N) is 4. The van der Waals surface area contributed by atoms with Crippen LogP contribution in [0.5, 0.6) is 0 Å². The number of rotatable bonds is 5. The molecule has 2 aromatic rings. The molecule has 0 saturated carbocycles. The summed E-state index contributed by atoms with van der Waals surface area (Å²) in [6.07, 6.45) is 1.96. The smallest absolute Gasteiger partial charge is 0.317 e. The van der Waals surface area contributed by atoms with Crippen LogP contribution in [0.4, 0.5) is 4.79 Å². The van der Waals surface area contributed by atoms with Gasteiger partial charge in [0.2, 0.25) is 0 Å². The number of nitrogens with one attached hydrogen (secondary N) is 1. The van der Waals surface area contributed by atoms with E-state index in [-0.39, 0.29) is 12.1 Å². The molecule has 1 fully saturated rings. The molecule has 1 aliphatic rings. The molecule has 0 unspecified atom stereocenters. The number of carbonyl (C=O) groups is 1. The zero-order valence-corrected chi connectivity index (χ0v) is 15.5. The van der Waals surface area contributed by atoms with Crippen molar-refractivity contribution in [3.8, 4) is 0 Å². The molecular formula is C19H29N5O. The highest BCUT2D eigenvalue weighted by molar-refractivity contribution is 5.76. The van der Waals surface area contributed by atoms with E-state index in [9.17, 15) is 4.79 Å². The second-order valence-corrected chi connectivity index (χ2v) is 6.80. The van der Waals surface area contributed by atoms with E-state index in [1.165, 1.54) is 5.52 Å². The molecule has 1 N–H and O–H groups in total. The third-order valence-electron chi connectivity index (χ3n) is 5.22. The van der Waals surface area contributed by atoms with Gasteiger partial charge in [-0.2, -0.15) is 0 Å². The molecule has 3 rings (SSSR count). The predicted molar refractivity (Wildman–Crippen MR) is 100 cm³/mol. The summed E-state index contributed by atoms with van der Waals surface area (Å²) in [4.78, 5) is 21.4.